The molecule has 0 aromatic heterocycles. The fourth-order valence-corrected chi connectivity index (χ4v) is 3.15. The van der Waals surface area contributed by atoms with Gasteiger partial charge in [0.25, 0.3) is 0 Å². The maximum Gasteiger partial charge on any atom is 0.306 e. The summed E-state index contributed by atoms with van der Waals surface area (Å²) < 4.78 is 32.3. The van der Waals surface area contributed by atoms with E-state index in [4.69, 9.17) is 43.7 Å². The highest BCUT2D eigenvalue weighted by molar-refractivity contribution is 5.81. The Labute approximate surface area is 194 Å². The van der Waals surface area contributed by atoms with Crippen molar-refractivity contribution in [1.82, 2.24) is 4.90 Å². The minimum absolute atomic E-state index is 0.0160. The van der Waals surface area contributed by atoms with Crippen molar-refractivity contribution in [1.29, 1.82) is 0 Å². The van der Waals surface area contributed by atoms with Crippen molar-refractivity contribution < 1.29 is 53.3 Å². The maximum absolute atomic E-state index is 12.5. The van der Waals surface area contributed by atoms with Crippen LogP contribution < -0.4 is 0 Å². The van der Waals surface area contributed by atoms with E-state index < -0.39 is 11.8 Å². The molecule has 33 heavy (non-hydrogen) atoms. The molecule has 1 rings (SSSR count). The van der Waals surface area contributed by atoms with E-state index in [2.05, 4.69) is 0 Å². The zero-order valence-corrected chi connectivity index (χ0v) is 19.3. The Morgan fingerprint density at radius 2 is 1.15 bits per heavy atom. The first-order chi connectivity index (χ1) is 16.1. The van der Waals surface area contributed by atoms with E-state index in [1.807, 2.05) is 0 Å². The lowest BCUT2D eigenvalue weighted by atomic mass is 10.0. The van der Waals surface area contributed by atoms with Crippen LogP contribution in [0, 0.1) is 0 Å². The van der Waals surface area contributed by atoms with Gasteiger partial charge in [-0.3, -0.25) is 9.59 Å². The van der Waals surface area contributed by atoms with Crippen molar-refractivity contribution in [2.24, 2.45) is 0 Å². The molecule has 0 unspecified atom stereocenters. The van der Waals surface area contributed by atoms with Crippen LogP contribution in [0.4, 0.5) is 0 Å². The van der Waals surface area contributed by atoms with Crippen molar-refractivity contribution in [3.8, 4) is 0 Å². The topological polar surface area (TPSA) is 153 Å². The standard InChI is InChI=1S/C21H39NO11/c23-7-10-28-13-16-31-20(27)2-1-19(26)22-5-3-21(4-6-22,32-17-14-29-11-8-24)33-18-15-30-12-9-25/h23-25H,1-18H2. The van der Waals surface area contributed by atoms with Gasteiger partial charge < -0.3 is 48.6 Å². The van der Waals surface area contributed by atoms with Gasteiger partial charge in [0.15, 0.2) is 5.79 Å². The minimum Gasteiger partial charge on any atom is -0.463 e. The van der Waals surface area contributed by atoms with Gasteiger partial charge in [0.1, 0.15) is 6.61 Å². The fraction of sp³-hybridized carbons (Fsp3) is 0.905. The number of nitrogens with zero attached hydrogens (tertiary/aromatic N) is 1. The molecule has 1 aliphatic heterocycles. The summed E-state index contributed by atoms with van der Waals surface area (Å²) in [7, 11) is 0. The van der Waals surface area contributed by atoms with E-state index in [0.29, 0.717) is 39.1 Å². The molecule has 12 heteroatoms. The fourth-order valence-electron chi connectivity index (χ4n) is 3.15. The van der Waals surface area contributed by atoms with Gasteiger partial charge in [-0.05, 0) is 0 Å². The molecule has 0 atom stereocenters. The van der Waals surface area contributed by atoms with Crippen molar-refractivity contribution in [2.75, 3.05) is 92.4 Å². The number of aliphatic hydroxyl groups is 3. The van der Waals surface area contributed by atoms with Gasteiger partial charge in [-0.15, -0.1) is 0 Å². The monoisotopic (exact) mass is 481 g/mol. The van der Waals surface area contributed by atoms with E-state index in [9.17, 15) is 9.59 Å². The van der Waals surface area contributed by atoms with E-state index in [1.54, 1.807) is 4.90 Å². The van der Waals surface area contributed by atoms with E-state index in [-0.39, 0.29) is 84.8 Å². The lowest BCUT2D eigenvalue weighted by Gasteiger charge is -2.41. The Bertz CT molecular complexity index is 496. The zero-order chi connectivity index (χ0) is 24.2. The number of carbonyl (C=O) groups excluding carboxylic acids is 2. The number of rotatable bonds is 20. The van der Waals surface area contributed by atoms with Crippen LogP contribution in [0.25, 0.3) is 0 Å². The smallest absolute Gasteiger partial charge is 0.306 e. The van der Waals surface area contributed by atoms with Crippen molar-refractivity contribution in [3.63, 3.8) is 0 Å². The Balaban J connectivity index is 2.38. The molecule has 0 aliphatic carbocycles. The minimum atomic E-state index is -0.880. The number of carbonyl (C=O) groups is 2. The van der Waals surface area contributed by atoms with Crippen molar-refractivity contribution in [2.45, 2.75) is 31.5 Å². The van der Waals surface area contributed by atoms with Gasteiger partial charge in [-0.2, -0.15) is 0 Å². The van der Waals surface area contributed by atoms with Gasteiger partial charge in [-0.25, -0.2) is 0 Å². The normalized spacial score (nSPS) is 15.5. The van der Waals surface area contributed by atoms with Crippen LogP contribution in [0.2, 0.25) is 0 Å². The Kier molecular flexibility index (Phi) is 17.1. The molecule has 0 saturated carbocycles. The van der Waals surface area contributed by atoms with Gasteiger partial charge >= 0.3 is 5.97 Å². The Morgan fingerprint density at radius 1 is 0.667 bits per heavy atom. The SMILES string of the molecule is O=C(CCC(=O)N1CCC(OCCOCCO)(OCCOCCO)CC1)OCCOCCO. The molecular formula is C21H39NO11. The second kappa shape index (κ2) is 19.0. The van der Waals surface area contributed by atoms with Gasteiger partial charge in [0.05, 0.1) is 79.1 Å². The number of piperidine rings is 1. The summed E-state index contributed by atoms with van der Waals surface area (Å²) in [4.78, 5) is 25.9. The third-order valence-electron chi connectivity index (χ3n) is 4.80. The molecule has 0 bridgehead atoms. The third kappa shape index (κ3) is 13.8. The van der Waals surface area contributed by atoms with Gasteiger partial charge in [0.2, 0.25) is 5.91 Å². The van der Waals surface area contributed by atoms with Crippen molar-refractivity contribution >= 4 is 11.9 Å². The molecule has 0 aromatic rings. The number of ether oxygens (including phenoxy) is 6. The first-order valence-electron chi connectivity index (χ1n) is 11.3. The molecule has 1 saturated heterocycles. The highest BCUT2D eigenvalue weighted by Crippen LogP contribution is 2.28. The Morgan fingerprint density at radius 3 is 1.64 bits per heavy atom. The summed E-state index contributed by atoms with van der Waals surface area (Å²) in [5.74, 6) is -1.50. The highest BCUT2D eigenvalue weighted by atomic mass is 16.7. The molecule has 3 N–H and O–H groups in total. The van der Waals surface area contributed by atoms with Crippen LogP contribution in [-0.2, 0) is 38.0 Å². The second-order valence-corrected chi connectivity index (χ2v) is 7.22. The molecule has 1 amide bonds. The molecular weight excluding hydrogens is 442 g/mol. The molecule has 1 fully saturated rings. The highest BCUT2D eigenvalue weighted by Gasteiger charge is 2.37. The summed E-state index contributed by atoms with van der Waals surface area (Å²) in [6.45, 7) is 2.70. The molecule has 1 heterocycles. The maximum atomic E-state index is 12.5. The van der Waals surface area contributed by atoms with E-state index >= 15 is 0 Å². The average molecular weight is 482 g/mol. The van der Waals surface area contributed by atoms with E-state index in [0.717, 1.165) is 0 Å². The molecule has 0 aromatic carbocycles. The molecule has 0 radical (unpaired) electrons. The van der Waals surface area contributed by atoms with Gasteiger partial charge in [0, 0.05) is 32.4 Å². The molecule has 194 valence electrons. The van der Waals surface area contributed by atoms with E-state index in [1.165, 1.54) is 0 Å². The average Bonchev–Trinajstić information content (AvgIpc) is 2.82. The van der Waals surface area contributed by atoms with Crippen LogP contribution >= 0.6 is 0 Å². The van der Waals surface area contributed by atoms with Crippen LogP contribution in [0.15, 0.2) is 0 Å². The van der Waals surface area contributed by atoms with Crippen LogP contribution in [0.5, 0.6) is 0 Å². The predicted molar refractivity (Wildman–Crippen MR) is 114 cm³/mol. The number of hydrogen-bond acceptors (Lipinski definition) is 11. The molecule has 12 nitrogen and oxygen atoms in total. The second-order valence-electron chi connectivity index (χ2n) is 7.22. The lowest BCUT2D eigenvalue weighted by Crippen LogP contribution is -2.50. The molecule has 0 spiro atoms. The zero-order valence-electron chi connectivity index (χ0n) is 19.3. The summed E-state index contributed by atoms with van der Waals surface area (Å²) >= 11 is 0. The number of likely N-dealkylation sites (tertiary alicyclic amines) is 1. The first kappa shape index (κ1) is 29.7. The largest absolute Gasteiger partial charge is 0.463 e. The summed E-state index contributed by atoms with van der Waals surface area (Å²) in [5, 5.41) is 26.2. The number of amides is 1. The summed E-state index contributed by atoms with van der Waals surface area (Å²) in [6, 6.07) is 0. The molecule has 1 aliphatic rings. The summed E-state index contributed by atoms with van der Waals surface area (Å²) in [5.41, 5.74) is 0. The van der Waals surface area contributed by atoms with Gasteiger partial charge in [-0.1, -0.05) is 0 Å². The van der Waals surface area contributed by atoms with Crippen LogP contribution in [0.1, 0.15) is 25.7 Å². The number of hydrogen-bond donors (Lipinski definition) is 3. The summed E-state index contributed by atoms with van der Waals surface area (Å²) in [6.07, 6.45) is 0.934. The van der Waals surface area contributed by atoms with Crippen LogP contribution in [0.3, 0.4) is 0 Å². The van der Waals surface area contributed by atoms with Crippen molar-refractivity contribution in [3.05, 3.63) is 0 Å². The lowest BCUT2D eigenvalue weighted by molar-refractivity contribution is -0.263. The third-order valence-corrected chi connectivity index (χ3v) is 4.80. The Hall–Kier alpha value is -1.38. The number of esters is 1. The first-order valence-corrected chi connectivity index (χ1v) is 11.3. The van der Waals surface area contributed by atoms with Crippen LogP contribution in [-0.4, -0.2) is 130 Å². The number of aliphatic hydroxyl groups excluding tert-OH is 3. The predicted octanol–water partition coefficient (Wildman–Crippen LogP) is -1.31. The quantitative estimate of drug-likeness (QED) is 0.108.